The van der Waals surface area contributed by atoms with Gasteiger partial charge < -0.3 is 9.64 Å². The number of nitrogens with zero attached hydrogens (tertiary/aromatic N) is 4. The summed E-state index contributed by atoms with van der Waals surface area (Å²) in [5, 5.41) is 3.49. The van der Waals surface area contributed by atoms with Gasteiger partial charge in [0.05, 0.1) is 12.6 Å². The fraction of sp³-hybridized carbons (Fsp3) is 0.875. The first-order valence-corrected chi connectivity index (χ1v) is 4.59. The van der Waals surface area contributed by atoms with Crippen molar-refractivity contribution in [3.8, 4) is 0 Å². The SMILES string of the molecule is CC1(C)OCCC2C(N=[N+]=[N-])C(=O)N21. The van der Waals surface area contributed by atoms with Crippen molar-refractivity contribution in [1.82, 2.24) is 4.90 Å². The average Bonchev–Trinajstić information content (AvgIpc) is 2.12. The third-order valence-electron chi connectivity index (χ3n) is 2.81. The van der Waals surface area contributed by atoms with E-state index in [1.54, 1.807) is 4.90 Å². The van der Waals surface area contributed by atoms with Crippen molar-refractivity contribution in [3.63, 3.8) is 0 Å². The van der Waals surface area contributed by atoms with E-state index < -0.39 is 11.8 Å². The molecule has 0 spiro atoms. The van der Waals surface area contributed by atoms with Gasteiger partial charge in [-0.25, -0.2) is 0 Å². The van der Waals surface area contributed by atoms with E-state index in [2.05, 4.69) is 10.0 Å². The lowest BCUT2D eigenvalue weighted by atomic mass is 9.88. The normalized spacial score (nSPS) is 34.1. The zero-order valence-corrected chi connectivity index (χ0v) is 8.17. The van der Waals surface area contributed by atoms with E-state index >= 15 is 0 Å². The van der Waals surface area contributed by atoms with Crippen molar-refractivity contribution < 1.29 is 9.53 Å². The van der Waals surface area contributed by atoms with Crippen molar-refractivity contribution in [1.29, 1.82) is 0 Å². The summed E-state index contributed by atoms with van der Waals surface area (Å²) >= 11 is 0. The molecule has 2 atom stereocenters. The van der Waals surface area contributed by atoms with E-state index in [-0.39, 0.29) is 11.9 Å². The molecule has 0 bridgehead atoms. The molecule has 2 fully saturated rings. The Kier molecular flexibility index (Phi) is 1.90. The van der Waals surface area contributed by atoms with Crippen LogP contribution in [0.25, 0.3) is 10.4 Å². The summed E-state index contributed by atoms with van der Waals surface area (Å²) in [5.74, 6) is -0.127. The van der Waals surface area contributed by atoms with Crippen LogP contribution < -0.4 is 0 Å². The number of hydrogen-bond donors (Lipinski definition) is 0. The highest BCUT2D eigenvalue weighted by Crippen LogP contribution is 2.37. The Balaban J connectivity index is 2.21. The van der Waals surface area contributed by atoms with Crippen LogP contribution in [0.2, 0.25) is 0 Å². The second-order valence-electron chi connectivity index (χ2n) is 4.01. The number of azide groups is 1. The molecule has 2 rings (SSSR count). The Morgan fingerprint density at radius 1 is 1.71 bits per heavy atom. The predicted octanol–water partition coefficient (Wildman–Crippen LogP) is 1.03. The van der Waals surface area contributed by atoms with Gasteiger partial charge in [-0.05, 0) is 25.8 Å². The maximum atomic E-state index is 11.6. The van der Waals surface area contributed by atoms with Crippen molar-refractivity contribution >= 4 is 5.91 Å². The topological polar surface area (TPSA) is 78.3 Å². The quantitative estimate of drug-likeness (QED) is 0.272. The molecule has 2 aliphatic rings. The van der Waals surface area contributed by atoms with E-state index in [9.17, 15) is 4.79 Å². The number of amides is 1. The number of carbonyl (C=O) groups is 1. The summed E-state index contributed by atoms with van der Waals surface area (Å²) in [6, 6.07) is -0.481. The maximum Gasteiger partial charge on any atom is 0.236 e. The van der Waals surface area contributed by atoms with E-state index in [0.29, 0.717) is 6.61 Å². The summed E-state index contributed by atoms with van der Waals surface area (Å²) < 4.78 is 5.47. The largest absolute Gasteiger partial charge is 0.356 e. The molecule has 6 heteroatoms. The molecule has 0 aromatic rings. The molecule has 14 heavy (non-hydrogen) atoms. The van der Waals surface area contributed by atoms with Crippen LogP contribution in [0.15, 0.2) is 5.11 Å². The molecule has 2 unspecified atom stereocenters. The second kappa shape index (κ2) is 2.87. The van der Waals surface area contributed by atoms with E-state index in [1.807, 2.05) is 13.8 Å². The third-order valence-corrected chi connectivity index (χ3v) is 2.81. The molecule has 0 aliphatic carbocycles. The first kappa shape index (κ1) is 9.30. The monoisotopic (exact) mass is 196 g/mol. The molecule has 1 amide bonds. The standard InChI is InChI=1S/C8H12N4O2/c1-8(2)12-5(3-4-14-8)6(7(12)13)10-11-9/h5-6H,3-4H2,1-2H3. The van der Waals surface area contributed by atoms with Gasteiger partial charge in [-0.1, -0.05) is 5.11 Å². The molecule has 0 N–H and O–H groups in total. The number of carbonyl (C=O) groups excluding carboxylic acids is 1. The van der Waals surface area contributed by atoms with Crippen molar-refractivity contribution in [2.45, 2.75) is 38.1 Å². The molecule has 2 aliphatic heterocycles. The Labute approximate surface area is 81.5 Å². The number of hydrogen-bond acceptors (Lipinski definition) is 3. The number of ether oxygens (including phenoxy) is 1. The zero-order chi connectivity index (χ0) is 10.3. The minimum absolute atomic E-state index is 0.0298. The van der Waals surface area contributed by atoms with Gasteiger partial charge in [0.1, 0.15) is 11.8 Å². The van der Waals surface area contributed by atoms with Gasteiger partial charge >= 0.3 is 0 Å². The van der Waals surface area contributed by atoms with Gasteiger partial charge in [0, 0.05) is 4.91 Å². The number of fused-ring (bicyclic) bond motifs is 1. The van der Waals surface area contributed by atoms with Gasteiger partial charge in [-0.3, -0.25) is 4.79 Å². The summed E-state index contributed by atoms with van der Waals surface area (Å²) in [4.78, 5) is 15.9. The summed E-state index contributed by atoms with van der Waals surface area (Å²) in [5.41, 5.74) is 7.74. The van der Waals surface area contributed by atoms with Crippen LogP contribution in [-0.4, -0.2) is 35.2 Å². The lowest BCUT2D eigenvalue weighted by Crippen LogP contribution is -2.73. The van der Waals surface area contributed by atoms with Crippen molar-refractivity contribution in [2.75, 3.05) is 6.61 Å². The van der Waals surface area contributed by atoms with Gasteiger partial charge in [0.25, 0.3) is 0 Å². The van der Waals surface area contributed by atoms with Gasteiger partial charge in [0.15, 0.2) is 0 Å². The molecular formula is C8H12N4O2. The van der Waals surface area contributed by atoms with Crippen molar-refractivity contribution in [3.05, 3.63) is 10.4 Å². The lowest BCUT2D eigenvalue weighted by molar-refractivity contribution is -0.223. The van der Waals surface area contributed by atoms with E-state index in [4.69, 9.17) is 10.3 Å². The van der Waals surface area contributed by atoms with Crippen LogP contribution in [0.5, 0.6) is 0 Å². The molecule has 6 nitrogen and oxygen atoms in total. The highest BCUT2D eigenvalue weighted by molar-refractivity contribution is 5.90. The van der Waals surface area contributed by atoms with Gasteiger partial charge in [0.2, 0.25) is 5.91 Å². The summed E-state index contributed by atoms with van der Waals surface area (Å²) in [6.45, 7) is 4.31. The summed E-state index contributed by atoms with van der Waals surface area (Å²) in [7, 11) is 0. The van der Waals surface area contributed by atoms with Crippen LogP contribution in [0.3, 0.4) is 0 Å². The zero-order valence-electron chi connectivity index (χ0n) is 8.17. The van der Waals surface area contributed by atoms with Crippen LogP contribution >= 0.6 is 0 Å². The van der Waals surface area contributed by atoms with E-state index in [0.717, 1.165) is 6.42 Å². The average molecular weight is 196 g/mol. The molecule has 76 valence electrons. The smallest absolute Gasteiger partial charge is 0.236 e. The molecule has 2 saturated heterocycles. The van der Waals surface area contributed by atoms with E-state index in [1.165, 1.54) is 0 Å². The highest BCUT2D eigenvalue weighted by atomic mass is 16.5. The molecule has 0 aromatic heterocycles. The van der Waals surface area contributed by atoms with Gasteiger partial charge in [-0.15, -0.1) is 0 Å². The first-order chi connectivity index (χ1) is 6.58. The van der Waals surface area contributed by atoms with Crippen molar-refractivity contribution in [2.24, 2.45) is 5.11 Å². The van der Waals surface area contributed by atoms with Crippen LogP contribution in [-0.2, 0) is 9.53 Å². The van der Waals surface area contributed by atoms with Crippen LogP contribution in [0.1, 0.15) is 20.3 Å². The fourth-order valence-electron chi connectivity index (χ4n) is 2.16. The maximum absolute atomic E-state index is 11.6. The van der Waals surface area contributed by atoms with Gasteiger partial charge in [-0.2, -0.15) is 0 Å². The predicted molar refractivity (Wildman–Crippen MR) is 48.2 cm³/mol. The molecular weight excluding hydrogens is 184 g/mol. The minimum Gasteiger partial charge on any atom is -0.356 e. The highest BCUT2D eigenvalue weighted by Gasteiger charge is 2.55. The Morgan fingerprint density at radius 2 is 2.43 bits per heavy atom. The molecule has 0 saturated carbocycles. The molecule has 0 radical (unpaired) electrons. The van der Waals surface area contributed by atoms with Crippen LogP contribution in [0.4, 0.5) is 0 Å². The Morgan fingerprint density at radius 3 is 3.07 bits per heavy atom. The first-order valence-electron chi connectivity index (χ1n) is 4.59. The third kappa shape index (κ3) is 1.08. The number of β-lactam (4-membered cyclic amide) rings is 1. The van der Waals surface area contributed by atoms with Crippen LogP contribution in [0, 0.1) is 0 Å². The molecule has 0 aromatic carbocycles. The fourth-order valence-corrected chi connectivity index (χ4v) is 2.16. The minimum atomic E-state index is -0.554. The lowest BCUT2D eigenvalue weighted by Gasteiger charge is -2.56. The Bertz CT molecular complexity index is 321. The molecule has 2 heterocycles. The summed E-state index contributed by atoms with van der Waals surface area (Å²) in [6.07, 6.45) is 0.749. The number of rotatable bonds is 1. The Hall–Kier alpha value is -1.26. The second-order valence-corrected chi connectivity index (χ2v) is 4.01.